The van der Waals surface area contributed by atoms with Crippen molar-refractivity contribution in [2.24, 2.45) is 5.92 Å². The Morgan fingerprint density at radius 3 is 2.67 bits per heavy atom. The summed E-state index contributed by atoms with van der Waals surface area (Å²) in [5, 5.41) is 10.00. The zero-order valence-electron chi connectivity index (χ0n) is 16.8. The Morgan fingerprint density at radius 2 is 1.97 bits per heavy atom. The molecule has 2 aromatic rings. The van der Waals surface area contributed by atoms with E-state index in [4.69, 9.17) is 11.6 Å². The standard InChI is InChI=1S/C22H26ClN3O3S/c1-14-2-7-21(18(23)10-14)30(28,29)17-5-3-15(4-6-17)12-25-22(27)20-11-16-13-24-9-8-19(16)26-20/h2-7,10,16,19-20,24,26H,8-9,11-13H2,1H3,(H,25,27). The lowest BCUT2D eigenvalue weighted by Gasteiger charge is -2.25. The minimum absolute atomic E-state index is 0.00691. The third kappa shape index (κ3) is 4.39. The fourth-order valence-electron chi connectivity index (χ4n) is 4.25. The Hall–Kier alpha value is -1.93. The highest BCUT2D eigenvalue weighted by Gasteiger charge is 2.38. The Balaban J connectivity index is 1.38. The van der Waals surface area contributed by atoms with Gasteiger partial charge in [0.15, 0.2) is 0 Å². The van der Waals surface area contributed by atoms with Crippen LogP contribution in [0, 0.1) is 12.8 Å². The molecule has 2 fully saturated rings. The number of hydrogen-bond acceptors (Lipinski definition) is 5. The SMILES string of the molecule is Cc1ccc(S(=O)(=O)c2ccc(CNC(=O)C3CC4CNCCC4N3)cc2)c(Cl)c1. The van der Waals surface area contributed by atoms with E-state index in [0.29, 0.717) is 18.5 Å². The summed E-state index contributed by atoms with van der Waals surface area (Å²) in [6.45, 7) is 4.17. The lowest BCUT2D eigenvalue weighted by molar-refractivity contribution is -0.123. The lowest BCUT2D eigenvalue weighted by Crippen LogP contribution is -2.45. The normalized spacial score (nSPS) is 23.7. The zero-order chi connectivity index (χ0) is 21.3. The molecule has 160 valence electrons. The third-order valence-electron chi connectivity index (χ3n) is 5.96. The average molecular weight is 448 g/mol. The molecular formula is C22H26ClN3O3S. The first-order valence-corrected chi connectivity index (χ1v) is 12.1. The summed E-state index contributed by atoms with van der Waals surface area (Å²) >= 11 is 6.15. The second-order valence-electron chi connectivity index (χ2n) is 8.11. The maximum Gasteiger partial charge on any atom is 0.237 e. The topological polar surface area (TPSA) is 87.3 Å². The van der Waals surface area contributed by atoms with Crippen LogP contribution in [0.25, 0.3) is 0 Å². The molecule has 2 saturated heterocycles. The molecule has 4 rings (SSSR count). The van der Waals surface area contributed by atoms with Crippen molar-refractivity contribution in [2.75, 3.05) is 13.1 Å². The number of aryl methyl sites for hydroxylation is 1. The maximum absolute atomic E-state index is 12.9. The molecule has 6 nitrogen and oxygen atoms in total. The van der Waals surface area contributed by atoms with Crippen molar-refractivity contribution < 1.29 is 13.2 Å². The largest absolute Gasteiger partial charge is 0.351 e. The predicted octanol–water partition coefficient (Wildman–Crippen LogP) is 2.44. The van der Waals surface area contributed by atoms with Crippen molar-refractivity contribution in [2.45, 2.75) is 48.2 Å². The molecule has 1 amide bonds. The van der Waals surface area contributed by atoms with Crippen molar-refractivity contribution in [1.29, 1.82) is 0 Å². The predicted molar refractivity (Wildman–Crippen MR) is 116 cm³/mol. The van der Waals surface area contributed by atoms with Gasteiger partial charge in [0.05, 0.1) is 20.9 Å². The van der Waals surface area contributed by atoms with Gasteiger partial charge >= 0.3 is 0 Å². The molecule has 0 aromatic heterocycles. The molecule has 3 atom stereocenters. The molecule has 0 spiro atoms. The van der Waals surface area contributed by atoms with Gasteiger partial charge in [0.2, 0.25) is 15.7 Å². The van der Waals surface area contributed by atoms with E-state index in [1.165, 1.54) is 6.07 Å². The number of rotatable bonds is 5. The van der Waals surface area contributed by atoms with Gasteiger partial charge in [-0.05, 0) is 74.2 Å². The number of carbonyl (C=O) groups excluding carboxylic acids is 1. The Morgan fingerprint density at radius 1 is 1.20 bits per heavy atom. The molecule has 0 radical (unpaired) electrons. The van der Waals surface area contributed by atoms with Crippen LogP contribution in [0.3, 0.4) is 0 Å². The smallest absolute Gasteiger partial charge is 0.237 e. The van der Waals surface area contributed by atoms with Crippen molar-refractivity contribution >= 4 is 27.3 Å². The van der Waals surface area contributed by atoms with Crippen molar-refractivity contribution in [3.05, 3.63) is 58.6 Å². The van der Waals surface area contributed by atoms with Crippen LogP contribution in [0.5, 0.6) is 0 Å². The second kappa shape index (κ2) is 8.67. The fourth-order valence-corrected chi connectivity index (χ4v) is 6.10. The van der Waals surface area contributed by atoms with Gasteiger partial charge in [-0.2, -0.15) is 0 Å². The quantitative estimate of drug-likeness (QED) is 0.655. The summed E-state index contributed by atoms with van der Waals surface area (Å²) < 4.78 is 25.7. The van der Waals surface area contributed by atoms with E-state index < -0.39 is 9.84 Å². The third-order valence-corrected chi connectivity index (χ3v) is 8.21. The van der Waals surface area contributed by atoms with Crippen LogP contribution < -0.4 is 16.0 Å². The zero-order valence-corrected chi connectivity index (χ0v) is 18.4. The molecule has 3 unspecified atom stereocenters. The molecule has 2 aliphatic heterocycles. The van der Waals surface area contributed by atoms with Gasteiger partial charge in [0.1, 0.15) is 0 Å². The van der Waals surface area contributed by atoms with E-state index in [1.807, 2.05) is 6.92 Å². The summed E-state index contributed by atoms with van der Waals surface area (Å²) in [7, 11) is -3.69. The average Bonchev–Trinajstić information content (AvgIpc) is 3.16. The van der Waals surface area contributed by atoms with E-state index in [9.17, 15) is 13.2 Å². The van der Waals surface area contributed by atoms with Crippen LogP contribution in [0.2, 0.25) is 5.02 Å². The summed E-state index contributed by atoms with van der Waals surface area (Å²) in [4.78, 5) is 12.8. The first-order valence-electron chi connectivity index (χ1n) is 10.2. The van der Waals surface area contributed by atoms with E-state index in [-0.39, 0.29) is 26.8 Å². The van der Waals surface area contributed by atoms with Crippen LogP contribution in [0.1, 0.15) is 24.0 Å². The Bertz CT molecular complexity index is 1030. The van der Waals surface area contributed by atoms with Crippen molar-refractivity contribution in [3.8, 4) is 0 Å². The maximum atomic E-state index is 12.9. The second-order valence-corrected chi connectivity index (χ2v) is 10.4. The molecule has 2 heterocycles. The van der Waals surface area contributed by atoms with Crippen LogP contribution in [-0.4, -0.2) is 39.5 Å². The summed E-state index contributed by atoms with van der Waals surface area (Å²) in [6, 6.07) is 11.7. The van der Waals surface area contributed by atoms with Crippen LogP contribution in [0.15, 0.2) is 52.3 Å². The molecular weight excluding hydrogens is 422 g/mol. The molecule has 8 heteroatoms. The number of benzene rings is 2. The van der Waals surface area contributed by atoms with E-state index in [0.717, 1.165) is 37.1 Å². The van der Waals surface area contributed by atoms with Gasteiger partial charge in [-0.1, -0.05) is 29.8 Å². The van der Waals surface area contributed by atoms with Gasteiger partial charge in [-0.3, -0.25) is 4.79 Å². The number of halogens is 1. The van der Waals surface area contributed by atoms with E-state index in [2.05, 4.69) is 16.0 Å². The molecule has 2 aromatic carbocycles. The number of fused-ring (bicyclic) bond motifs is 1. The van der Waals surface area contributed by atoms with Crippen LogP contribution in [0.4, 0.5) is 0 Å². The van der Waals surface area contributed by atoms with E-state index >= 15 is 0 Å². The number of carbonyl (C=O) groups is 1. The monoisotopic (exact) mass is 447 g/mol. The molecule has 3 N–H and O–H groups in total. The Labute approximate surface area is 182 Å². The number of sulfone groups is 1. The van der Waals surface area contributed by atoms with Crippen LogP contribution >= 0.6 is 11.6 Å². The van der Waals surface area contributed by atoms with Crippen molar-refractivity contribution in [1.82, 2.24) is 16.0 Å². The number of hydrogen-bond donors (Lipinski definition) is 3. The first-order chi connectivity index (χ1) is 14.3. The number of nitrogens with one attached hydrogen (secondary N) is 3. The van der Waals surface area contributed by atoms with E-state index in [1.54, 1.807) is 36.4 Å². The van der Waals surface area contributed by atoms with Crippen LogP contribution in [-0.2, 0) is 21.2 Å². The van der Waals surface area contributed by atoms with Gasteiger partial charge in [0, 0.05) is 12.6 Å². The highest BCUT2D eigenvalue weighted by Crippen LogP contribution is 2.28. The highest BCUT2D eigenvalue weighted by atomic mass is 35.5. The summed E-state index contributed by atoms with van der Waals surface area (Å²) in [5.41, 5.74) is 1.74. The number of piperidine rings is 1. The first kappa shape index (κ1) is 21.3. The van der Waals surface area contributed by atoms with Gasteiger partial charge in [-0.15, -0.1) is 0 Å². The number of amides is 1. The minimum atomic E-state index is -3.69. The highest BCUT2D eigenvalue weighted by molar-refractivity contribution is 7.91. The van der Waals surface area contributed by atoms with Gasteiger partial charge in [0.25, 0.3) is 0 Å². The van der Waals surface area contributed by atoms with Gasteiger partial charge < -0.3 is 16.0 Å². The summed E-state index contributed by atoms with van der Waals surface area (Å²) in [5.74, 6) is 0.500. The summed E-state index contributed by atoms with van der Waals surface area (Å²) in [6.07, 6.45) is 1.90. The molecule has 0 bridgehead atoms. The van der Waals surface area contributed by atoms with Crippen molar-refractivity contribution in [3.63, 3.8) is 0 Å². The minimum Gasteiger partial charge on any atom is -0.351 e. The molecule has 2 aliphatic rings. The molecule has 0 saturated carbocycles. The lowest BCUT2D eigenvalue weighted by atomic mass is 9.94. The molecule has 30 heavy (non-hydrogen) atoms. The van der Waals surface area contributed by atoms with Gasteiger partial charge in [-0.25, -0.2) is 8.42 Å². The Kier molecular flexibility index (Phi) is 6.16. The fraction of sp³-hybridized carbons (Fsp3) is 0.409. The molecule has 0 aliphatic carbocycles.